The molecule has 2 N–H and O–H groups in total. The molecule has 1 atom stereocenters. The van der Waals surface area contributed by atoms with Gasteiger partial charge in [0, 0.05) is 23.6 Å². The number of hydrogen-bond acceptors (Lipinski definition) is 2. The molecule has 1 aromatic rings. The van der Waals surface area contributed by atoms with Gasteiger partial charge in [0.05, 0.1) is 6.10 Å². The summed E-state index contributed by atoms with van der Waals surface area (Å²) in [4.78, 5) is 0. The molecule has 0 aromatic heterocycles. The third-order valence-corrected chi connectivity index (χ3v) is 2.87. The maximum atomic E-state index is 9.92. The summed E-state index contributed by atoms with van der Waals surface area (Å²) in [6, 6.07) is 7.35. The zero-order valence-electron chi connectivity index (χ0n) is 9.82. The van der Waals surface area contributed by atoms with E-state index in [4.69, 9.17) is 18.0 Å². The van der Waals surface area contributed by atoms with Gasteiger partial charge in [-0.05, 0) is 25.5 Å². The average Bonchev–Trinajstić information content (AvgIpc) is 2.34. The van der Waals surface area contributed by atoms with Crippen molar-refractivity contribution in [1.29, 1.82) is 0 Å². The maximum Gasteiger partial charge on any atom is 0.0928 e. The fourth-order valence-electron chi connectivity index (χ4n) is 1.57. The summed E-state index contributed by atoms with van der Waals surface area (Å²) < 4.78 is 0. The highest BCUT2D eigenvalue weighted by Gasteiger charge is 2.09. The Morgan fingerprint density at radius 3 is 2.82 bits per heavy atom. The van der Waals surface area contributed by atoms with Crippen molar-refractivity contribution in [2.75, 3.05) is 13.1 Å². The van der Waals surface area contributed by atoms with Gasteiger partial charge in [-0.3, -0.25) is 0 Å². The Hall–Kier alpha value is -1.01. The van der Waals surface area contributed by atoms with E-state index in [0.717, 1.165) is 31.4 Å². The van der Waals surface area contributed by atoms with Gasteiger partial charge in [0.15, 0.2) is 0 Å². The van der Waals surface area contributed by atoms with E-state index in [2.05, 4.69) is 11.2 Å². The topological polar surface area (TPSA) is 32.3 Å². The van der Waals surface area contributed by atoms with Gasteiger partial charge < -0.3 is 10.4 Å². The van der Waals surface area contributed by atoms with Crippen molar-refractivity contribution in [2.24, 2.45) is 0 Å². The lowest BCUT2D eigenvalue weighted by molar-refractivity contribution is 0.175. The molecule has 0 bridgehead atoms. The summed E-state index contributed by atoms with van der Waals surface area (Å²) in [7, 11) is 0. The minimum absolute atomic E-state index is 0.514. The SMILES string of the molecule is C#CCCCCNCC(O)c1ccccc1Cl. The summed E-state index contributed by atoms with van der Waals surface area (Å²) in [5.74, 6) is 2.61. The van der Waals surface area contributed by atoms with E-state index in [1.807, 2.05) is 18.2 Å². The molecule has 0 spiro atoms. The van der Waals surface area contributed by atoms with Gasteiger partial charge in [-0.15, -0.1) is 12.3 Å². The van der Waals surface area contributed by atoms with Crippen LogP contribution in [0.2, 0.25) is 5.02 Å². The van der Waals surface area contributed by atoms with Crippen LogP contribution in [0.5, 0.6) is 0 Å². The van der Waals surface area contributed by atoms with E-state index in [0.29, 0.717) is 11.6 Å². The number of benzene rings is 1. The Morgan fingerprint density at radius 2 is 2.12 bits per heavy atom. The Morgan fingerprint density at radius 1 is 1.35 bits per heavy atom. The summed E-state index contributed by atoms with van der Waals surface area (Å²) in [5, 5.41) is 13.7. The monoisotopic (exact) mass is 251 g/mol. The molecule has 3 heteroatoms. The van der Waals surface area contributed by atoms with Crippen molar-refractivity contribution >= 4 is 11.6 Å². The summed E-state index contributed by atoms with van der Waals surface area (Å²) in [6.45, 7) is 1.38. The van der Waals surface area contributed by atoms with Crippen molar-refractivity contribution < 1.29 is 5.11 Å². The molecular weight excluding hydrogens is 234 g/mol. The number of terminal acetylenes is 1. The second-order valence-electron chi connectivity index (χ2n) is 3.90. The minimum Gasteiger partial charge on any atom is -0.387 e. The minimum atomic E-state index is -0.559. The molecule has 0 heterocycles. The molecule has 1 rings (SSSR count). The molecule has 0 amide bonds. The molecule has 0 aliphatic rings. The van der Waals surface area contributed by atoms with E-state index in [1.165, 1.54) is 0 Å². The van der Waals surface area contributed by atoms with Crippen molar-refractivity contribution in [3.63, 3.8) is 0 Å². The first kappa shape index (κ1) is 14.1. The lowest BCUT2D eigenvalue weighted by Gasteiger charge is -2.13. The molecule has 92 valence electrons. The highest BCUT2D eigenvalue weighted by molar-refractivity contribution is 6.31. The van der Waals surface area contributed by atoms with Crippen LogP contribution >= 0.6 is 11.6 Å². The fraction of sp³-hybridized carbons (Fsp3) is 0.429. The van der Waals surface area contributed by atoms with Crippen LogP contribution in [0.25, 0.3) is 0 Å². The molecule has 0 fully saturated rings. The van der Waals surface area contributed by atoms with Crippen LogP contribution in [0.1, 0.15) is 30.9 Å². The smallest absolute Gasteiger partial charge is 0.0928 e. The molecule has 1 unspecified atom stereocenters. The lowest BCUT2D eigenvalue weighted by Crippen LogP contribution is -2.22. The molecule has 0 aliphatic heterocycles. The third-order valence-electron chi connectivity index (χ3n) is 2.53. The molecular formula is C14H18ClNO. The standard InChI is InChI=1S/C14H18ClNO/c1-2-3-4-7-10-16-11-14(17)12-8-5-6-9-13(12)15/h1,5-6,8-9,14,16-17H,3-4,7,10-11H2. The van der Waals surface area contributed by atoms with Gasteiger partial charge >= 0.3 is 0 Å². The van der Waals surface area contributed by atoms with Gasteiger partial charge in [-0.1, -0.05) is 29.8 Å². The van der Waals surface area contributed by atoms with Crippen LogP contribution in [0.15, 0.2) is 24.3 Å². The van der Waals surface area contributed by atoms with E-state index in [9.17, 15) is 5.11 Å². The maximum absolute atomic E-state index is 9.92. The Bertz CT molecular complexity index is 373. The highest BCUT2D eigenvalue weighted by Crippen LogP contribution is 2.21. The van der Waals surface area contributed by atoms with Crippen LogP contribution in [-0.4, -0.2) is 18.2 Å². The van der Waals surface area contributed by atoms with Crippen LogP contribution in [0.3, 0.4) is 0 Å². The highest BCUT2D eigenvalue weighted by atomic mass is 35.5. The predicted molar refractivity (Wildman–Crippen MR) is 72.0 cm³/mol. The van der Waals surface area contributed by atoms with Gasteiger partial charge in [-0.25, -0.2) is 0 Å². The van der Waals surface area contributed by atoms with Crippen molar-refractivity contribution in [3.05, 3.63) is 34.9 Å². The number of rotatable bonds is 7. The van der Waals surface area contributed by atoms with E-state index in [-0.39, 0.29) is 0 Å². The van der Waals surface area contributed by atoms with Gasteiger partial charge in [-0.2, -0.15) is 0 Å². The van der Waals surface area contributed by atoms with Gasteiger partial charge in [0.1, 0.15) is 0 Å². The van der Waals surface area contributed by atoms with Gasteiger partial charge in [0.2, 0.25) is 0 Å². The van der Waals surface area contributed by atoms with Crippen LogP contribution in [0.4, 0.5) is 0 Å². The predicted octanol–water partition coefficient (Wildman–Crippen LogP) is 2.77. The molecule has 0 saturated carbocycles. The quantitative estimate of drug-likeness (QED) is 0.577. The number of aliphatic hydroxyl groups excluding tert-OH is 1. The summed E-state index contributed by atoms with van der Waals surface area (Å²) in [5.41, 5.74) is 0.769. The zero-order valence-corrected chi connectivity index (χ0v) is 10.6. The Kier molecular flexibility index (Phi) is 6.73. The largest absolute Gasteiger partial charge is 0.387 e. The molecule has 0 saturated heterocycles. The summed E-state index contributed by atoms with van der Waals surface area (Å²) in [6.07, 6.45) is 7.46. The normalized spacial score (nSPS) is 12.1. The van der Waals surface area contributed by atoms with Crippen molar-refractivity contribution in [1.82, 2.24) is 5.32 Å². The van der Waals surface area contributed by atoms with E-state index in [1.54, 1.807) is 6.07 Å². The Balaban J connectivity index is 2.24. The summed E-state index contributed by atoms with van der Waals surface area (Å²) >= 11 is 5.99. The number of halogens is 1. The van der Waals surface area contributed by atoms with E-state index >= 15 is 0 Å². The number of unbranched alkanes of at least 4 members (excludes halogenated alkanes) is 2. The van der Waals surface area contributed by atoms with E-state index < -0.39 is 6.10 Å². The first-order valence-corrected chi connectivity index (χ1v) is 6.20. The lowest BCUT2D eigenvalue weighted by atomic mass is 10.1. The number of hydrogen-bond donors (Lipinski definition) is 2. The zero-order chi connectivity index (χ0) is 12.5. The molecule has 17 heavy (non-hydrogen) atoms. The average molecular weight is 252 g/mol. The van der Waals surface area contributed by atoms with Crippen LogP contribution in [-0.2, 0) is 0 Å². The first-order chi connectivity index (χ1) is 8.25. The van der Waals surface area contributed by atoms with Gasteiger partial charge in [0.25, 0.3) is 0 Å². The number of aliphatic hydroxyl groups is 1. The second-order valence-corrected chi connectivity index (χ2v) is 4.31. The van der Waals surface area contributed by atoms with Crippen molar-refractivity contribution in [2.45, 2.75) is 25.4 Å². The van der Waals surface area contributed by atoms with Crippen molar-refractivity contribution in [3.8, 4) is 12.3 Å². The fourth-order valence-corrected chi connectivity index (χ4v) is 1.83. The van der Waals surface area contributed by atoms with Crippen LogP contribution < -0.4 is 5.32 Å². The third kappa shape index (κ3) is 5.23. The molecule has 0 radical (unpaired) electrons. The molecule has 2 nitrogen and oxygen atoms in total. The number of nitrogens with one attached hydrogen (secondary N) is 1. The molecule has 0 aliphatic carbocycles. The molecule has 1 aromatic carbocycles. The first-order valence-electron chi connectivity index (χ1n) is 5.82. The van der Waals surface area contributed by atoms with Crippen LogP contribution in [0, 0.1) is 12.3 Å². The Labute approximate surface area is 108 Å². The second kappa shape index (κ2) is 8.14.